The summed E-state index contributed by atoms with van der Waals surface area (Å²) < 4.78 is 29.5. The lowest BCUT2D eigenvalue weighted by Crippen LogP contribution is -2.06. The van der Waals surface area contributed by atoms with Crippen LogP contribution >= 0.6 is 23.2 Å². The second-order valence-corrected chi connectivity index (χ2v) is 5.14. The topological polar surface area (TPSA) is 26.3 Å². The van der Waals surface area contributed by atoms with Crippen molar-refractivity contribution >= 4 is 42.2 Å². The van der Waals surface area contributed by atoms with Gasteiger partial charge in [0.25, 0.3) is 0 Å². The second-order valence-electron chi connectivity index (χ2n) is 4.27. The van der Waals surface area contributed by atoms with Crippen LogP contribution in [0.4, 0.5) is 8.63 Å². The molecule has 2 aromatic rings. The number of carbonyl (C=O) groups excluding carboxylic acids is 1. The van der Waals surface area contributed by atoms with E-state index in [9.17, 15) is 13.4 Å². The van der Waals surface area contributed by atoms with Crippen molar-refractivity contribution in [1.82, 2.24) is 0 Å². The van der Waals surface area contributed by atoms with Gasteiger partial charge in [-0.3, -0.25) is 4.79 Å². The molecular formula is C15H9BCl2F2O2. The van der Waals surface area contributed by atoms with E-state index in [-0.39, 0.29) is 5.76 Å². The number of hydrogen-bond acceptors (Lipinski definition) is 2. The largest absolute Gasteiger partial charge is 0.796 e. The summed E-state index contributed by atoms with van der Waals surface area (Å²) in [6, 6.07) is 12.1. The average Bonchev–Trinajstić information content (AvgIpc) is 2.47. The van der Waals surface area contributed by atoms with E-state index in [0.717, 1.165) is 6.08 Å². The van der Waals surface area contributed by atoms with Crippen molar-refractivity contribution < 1.29 is 18.1 Å². The predicted molar refractivity (Wildman–Crippen MR) is 84.3 cm³/mol. The number of ketones is 1. The molecule has 0 aliphatic rings. The summed E-state index contributed by atoms with van der Waals surface area (Å²) >= 11 is 11.5. The smallest absolute Gasteiger partial charge is 0.505 e. The van der Waals surface area contributed by atoms with E-state index in [1.807, 2.05) is 0 Å². The molecule has 0 unspecified atom stereocenters. The molecule has 22 heavy (non-hydrogen) atoms. The molecule has 0 fully saturated rings. The molecule has 2 aromatic carbocycles. The van der Waals surface area contributed by atoms with E-state index in [2.05, 4.69) is 4.65 Å². The Balaban J connectivity index is 2.33. The molecule has 0 saturated carbocycles. The zero-order chi connectivity index (χ0) is 16.1. The van der Waals surface area contributed by atoms with E-state index in [0.29, 0.717) is 21.2 Å². The molecule has 0 N–H and O–H groups in total. The Kier molecular flexibility index (Phi) is 5.58. The van der Waals surface area contributed by atoms with Gasteiger partial charge in [0.1, 0.15) is 5.76 Å². The summed E-state index contributed by atoms with van der Waals surface area (Å²) in [4.78, 5) is 12.1. The molecule has 0 heterocycles. The van der Waals surface area contributed by atoms with Crippen LogP contribution in [0.1, 0.15) is 15.9 Å². The van der Waals surface area contributed by atoms with Crippen LogP contribution in [0.2, 0.25) is 10.0 Å². The number of benzene rings is 2. The summed E-state index contributed by atoms with van der Waals surface area (Å²) in [6.45, 7) is 0. The third-order valence-corrected chi connectivity index (χ3v) is 3.24. The highest BCUT2D eigenvalue weighted by Gasteiger charge is 2.21. The Morgan fingerprint density at radius 1 is 0.909 bits per heavy atom. The van der Waals surface area contributed by atoms with Crippen molar-refractivity contribution in [2.75, 3.05) is 0 Å². The lowest BCUT2D eigenvalue weighted by molar-refractivity contribution is 0.104. The van der Waals surface area contributed by atoms with Crippen molar-refractivity contribution in [3.8, 4) is 0 Å². The molecule has 0 atom stereocenters. The van der Waals surface area contributed by atoms with E-state index >= 15 is 0 Å². The van der Waals surface area contributed by atoms with E-state index in [4.69, 9.17) is 23.2 Å². The fourth-order valence-electron chi connectivity index (χ4n) is 1.71. The molecular weight excluding hydrogens is 332 g/mol. The van der Waals surface area contributed by atoms with Crippen LogP contribution in [0.15, 0.2) is 54.6 Å². The molecule has 0 amide bonds. The van der Waals surface area contributed by atoms with Gasteiger partial charge < -0.3 is 4.65 Å². The normalized spacial score (nSPS) is 11.2. The van der Waals surface area contributed by atoms with E-state index in [1.165, 1.54) is 36.4 Å². The fourth-order valence-corrected chi connectivity index (χ4v) is 1.96. The molecule has 0 saturated heterocycles. The minimum atomic E-state index is -3.04. The Bertz CT molecular complexity index is 686. The summed E-state index contributed by atoms with van der Waals surface area (Å²) in [5.74, 6) is -0.700. The van der Waals surface area contributed by atoms with Crippen molar-refractivity contribution in [1.29, 1.82) is 0 Å². The predicted octanol–water partition coefficient (Wildman–Crippen LogP) is 5.16. The Morgan fingerprint density at radius 3 is 1.82 bits per heavy atom. The summed E-state index contributed by atoms with van der Waals surface area (Å²) in [5.41, 5.74) is 0.640. The summed E-state index contributed by atoms with van der Waals surface area (Å²) in [6.07, 6.45) is 1.01. The Morgan fingerprint density at radius 2 is 1.36 bits per heavy atom. The van der Waals surface area contributed by atoms with Gasteiger partial charge in [-0.2, -0.15) is 0 Å². The number of carbonyl (C=O) groups is 1. The van der Waals surface area contributed by atoms with Gasteiger partial charge in [0, 0.05) is 27.2 Å². The summed E-state index contributed by atoms with van der Waals surface area (Å²) in [5, 5.41) is 0.923. The van der Waals surface area contributed by atoms with Crippen molar-refractivity contribution in [2.24, 2.45) is 0 Å². The first kappa shape index (κ1) is 16.5. The minimum Gasteiger partial charge on any atom is -0.505 e. The third kappa shape index (κ3) is 4.58. The number of hydrogen-bond donors (Lipinski definition) is 0. The molecule has 112 valence electrons. The fraction of sp³-hybridized carbons (Fsp3) is 0. The lowest BCUT2D eigenvalue weighted by atomic mass is 10.1. The molecule has 0 aliphatic heterocycles. The highest BCUT2D eigenvalue weighted by atomic mass is 35.5. The van der Waals surface area contributed by atoms with Crippen LogP contribution in [0.25, 0.3) is 5.76 Å². The highest BCUT2D eigenvalue weighted by molar-refractivity contribution is 6.36. The van der Waals surface area contributed by atoms with Crippen LogP contribution in [-0.2, 0) is 4.65 Å². The zero-order valence-corrected chi connectivity index (χ0v) is 12.6. The van der Waals surface area contributed by atoms with Crippen LogP contribution in [0.5, 0.6) is 0 Å². The van der Waals surface area contributed by atoms with Gasteiger partial charge in [-0.25, -0.2) is 8.63 Å². The molecule has 0 radical (unpaired) electrons. The monoisotopic (exact) mass is 340 g/mol. The maximum Gasteiger partial charge on any atom is 0.796 e. The highest BCUT2D eigenvalue weighted by Crippen LogP contribution is 2.21. The molecule has 2 rings (SSSR count). The first-order chi connectivity index (χ1) is 10.5. The molecule has 0 bridgehead atoms. The number of halogens is 4. The maximum absolute atomic E-state index is 12.5. The Labute approximate surface area is 136 Å². The summed E-state index contributed by atoms with van der Waals surface area (Å²) in [7, 11) is -3.04. The van der Waals surface area contributed by atoms with Gasteiger partial charge in [-0.1, -0.05) is 23.2 Å². The molecule has 2 nitrogen and oxygen atoms in total. The van der Waals surface area contributed by atoms with Crippen LogP contribution in [0.3, 0.4) is 0 Å². The molecule has 7 heteroatoms. The standard InChI is InChI=1S/C15H9BCl2F2O2/c17-12-5-1-10(2-6-12)14(21)9-15(22-16(19)20)11-3-7-13(18)8-4-11/h1-9H/b15-9-. The van der Waals surface area contributed by atoms with Crippen LogP contribution in [0, 0.1) is 0 Å². The van der Waals surface area contributed by atoms with Crippen molar-refractivity contribution in [3.63, 3.8) is 0 Å². The molecule has 0 spiro atoms. The quantitative estimate of drug-likeness (QED) is 0.325. The Hall–Kier alpha value is -1.85. The maximum atomic E-state index is 12.5. The second kappa shape index (κ2) is 7.43. The average molecular weight is 341 g/mol. The zero-order valence-electron chi connectivity index (χ0n) is 11.1. The van der Waals surface area contributed by atoms with E-state index in [1.54, 1.807) is 12.1 Å². The van der Waals surface area contributed by atoms with Gasteiger partial charge in [0.05, 0.1) is 0 Å². The van der Waals surface area contributed by atoms with E-state index < -0.39 is 13.3 Å². The van der Waals surface area contributed by atoms with Crippen molar-refractivity contribution in [3.05, 3.63) is 75.8 Å². The number of rotatable bonds is 5. The SMILES string of the molecule is O=C(/C=C(\OB(F)F)c1ccc(Cl)cc1)c1ccc(Cl)cc1. The molecule has 0 aliphatic carbocycles. The van der Waals surface area contributed by atoms with Gasteiger partial charge >= 0.3 is 7.47 Å². The first-order valence-corrected chi connectivity index (χ1v) is 6.93. The third-order valence-electron chi connectivity index (χ3n) is 2.74. The van der Waals surface area contributed by atoms with Gasteiger partial charge in [0.2, 0.25) is 0 Å². The number of allylic oxidation sites excluding steroid dienone is 1. The van der Waals surface area contributed by atoms with Crippen LogP contribution in [-0.4, -0.2) is 13.3 Å². The first-order valence-electron chi connectivity index (χ1n) is 6.18. The van der Waals surface area contributed by atoms with Gasteiger partial charge in [-0.05, 0) is 48.5 Å². The molecule has 0 aromatic heterocycles. The van der Waals surface area contributed by atoms with Crippen molar-refractivity contribution in [2.45, 2.75) is 0 Å². The lowest BCUT2D eigenvalue weighted by Gasteiger charge is -2.08. The van der Waals surface area contributed by atoms with Gasteiger partial charge in [0.15, 0.2) is 5.78 Å². The van der Waals surface area contributed by atoms with Gasteiger partial charge in [-0.15, -0.1) is 0 Å². The minimum absolute atomic E-state index is 0.230. The van der Waals surface area contributed by atoms with Crippen LogP contribution < -0.4 is 0 Å².